The van der Waals surface area contributed by atoms with Crippen LogP contribution in [-0.4, -0.2) is 11.2 Å². The number of benzene rings is 2. The molecular formula is C22H29NOS. The SMILES string of the molecule is C[C@H](NC(=O)[C@@H](C)SCc1ccccc1)c1ccc(C(C)(C)C)cc1. The molecule has 2 nitrogen and oxygen atoms in total. The van der Waals surface area contributed by atoms with Crippen LogP contribution in [0.15, 0.2) is 54.6 Å². The number of hydrogen-bond donors (Lipinski definition) is 1. The summed E-state index contributed by atoms with van der Waals surface area (Å²) >= 11 is 1.67. The van der Waals surface area contributed by atoms with Crippen LogP contribution in [0.2, 0.25) is 0 Å². The summed E-state index contributed by atoms with van der Waals surface area (Å²) in [6.45, 7) is 10.6. The second kappa shape index (κ2) is 8.57. The fraction of sp³-hybridized carbons (Fsp3) is 0.409. The number of hydrogen-bond acceptors (Lipinski definition) is 2. The smallest absolute Gasteiger partial charge is 0.233 e. The molecule has 2 atom stereocenters. The zero-order chi connectivity index (χ0) is 18.4. The van der Waals surface area contributed by atoms with Crippen molar-refractivity contribution in [2.45, 2.75) is 57.1 Å². The van der Waals surface area contributed by atoms with Crippen molar-refractivity contribution in [3.8, 4) is 0 Å². The van der Waals surface area contributed by atoms with E-state index in [1.54, 1.807) is 11.8 Å². The van der Waals surface area contributed by atoms with Gasteiger partial charge in [0.25, 0.3) is 0 Å². The van der Waals surface area contributed by atoms with Gasteiger partial charge in [-0.15, -0.1) is 11.8 Å². The van der Waals surface area contributed by atoms with Gasteiger partial charge < -0.3 is 5.32 Å². The second-order valence-corrected chi connectivity index (χ2v) is 8.87. The van der Waals surface area contributed by atoms with Crippen LogP contribution in [0, 0.1) is 0 Å². The summed E-state index contributed by atoms with van der Waals surface area (Å²) in [7, 11) is 0. The minimum absolute atomic E-state index is 0.0151. The van der Waals surface area contributed by atoms with Crippen LogP contribution in [0.5, 0.6) is 0 Å². The van der Waals surface area contributed by atoms with Gasteiger partial charge in [0, 0.05) is 5.75 Å². The second-order valence-electron chi connectivity index (χ2n) is 7.54. The summed E-state index contributed by atoms with van der Waals surface area (Å²) < 4.78 is 0. The molecule has 1 N–H and O–H groups in total. The predicted octanol–water partition coefficient (Wildman–Crippen LogP) is 5.48. The summed E-state index contributed by atoms with van der Waals surface area (Å²) in [5, 5.41) is 3.06. The van der Waals surface area contributed by atoms with E-state index in [1.807, 2.05) is 32.0 Å². The summed E-state index contributed by atoms with van der Waals surface area (Å²) in [5.41, 5.74) is 3.84. The van der Waals surface area contributed by atoms with Gasteiger partial charge in [-0.1, -0.05) is 75.4 Å². The molecule has 134 valence electrons. The Labute approximate surface area is 156 Å². The third-order valence-corrected chi connectivity index (χ3v) is 5.56. The van der Waals surface area contributed by atoms with Gasteiger partial charge in [0.05, 0.1) is 11.3 Å². The van der Waals surface area contributed by atoms with Gasteiger partial charge in [0.2, 0.25) is 5.91 Å². The largest absolute Gasteiger partial charge is 0.349 e. The Bertz CT molecular complexity index is 673. The molecule has 0 radical (unpaired) electrons. The molecule has 25 heavy (non-hydrogen) atoms. The number of rotatable bonds is 6. The lowest BCUT2D eigenvalue weighted by molar-refractivity contribution is -0.120. The van der Waals surface area contributed by atoms with Gasteiger partial charge in [-0.3, -0.25) is 4.79 Å². The molecule has 0 aliphatic rings. The van der Waals surface area contributed by atoms with E-state index in [9.17, 15) is 4.79 Å². The van der Waals surface area contributed by atoms with Crippen molar-refractivity contribution in [1.29, 1.82) is 0 Å². The summed E-state index contributed by atoms with van der Waals surface area (Å²) in [5.74, 6) is 0.942. The molecule has 2 aromatic carbocycles. The van der Waals surface area contributed by atoms with Crippen LogP contribution in [0.1, 0.15) is 57.4 Å². The minimum atomic E-state index is -0.0727. The molecule has 0 aromatic heterocycles. The average Bonchev–Trinajstić information content (AvgIpc) is 2.59. The van der Waals surface area contributed by atoms with E-state index >= 15 is 0 Å². The molecule has 3 heteroatoms. The Kier molecular flexibility index (Phi) is 6.71. The third-order valence-electron chi connectivity index (χ3n) is 4.35. The predicted molar refractivity (Wildman–Crippen MR) is 109 cm³/mol. The first-order valence-electron chi connectivity index (χ1n) is 8.83. The van der Waals surface area contributed by atoms with E-state index in [1.165, 1.54) is 11.1 Å². The maximum atomic E-state index is 12.4. The molecule has 0 saturated carbocycles. The molecule has 0 spiro atoms. The number of amides is 1. The first-order valence-corrected chi connectivity index (χ1v) is 9.88. The Morgan fingerprint density at radius 3 is 2.16 bits per heavy atom. The van der Waals surface area contributed by atoms with Crippen LogP contribution in [0.25, 0.3) is 0 Å². The molecule has 0 fully saturated rings. The van der Waals surface area contributed by atoms with Crippen molar-refractivity contribution in [2.24, 2.45) is 0 Å². The Morgan fingerprint density at radius 2 is 1.60 bits per heavy atom. The van der Waals surface area contributed by atoms with E-state index in [0.717, 1.165) is 11.3 Å². The fourth-order valence-electron chi connectivity index (χ4n) is 2.56. The van der Waals surface area contributed by atoms with Crippen molar-refractivity contribution in [1.82, 2.24) is 5.32 Å². The molecule has 0 bridgehead atoms. The van der Waals surface area contributed by atoms with Gasteiger partial charge in [0.15, 0.2) is 0 Å². The highest BCUT2D eigenvalue weighted by molar-refractivity contribution is 7.99. The van der Waals surface area contributed by atoms with Crippen molar-refractivity contribution in [3.63, 3.8) is 0 Å². The lowest BCUT2D eigenvalue weighted by Crippen LogP contribution is -2.33. The highest BCUT2D eigenvalue weighted by atomic mass is 32.2. The Balaban J connectivity index is 1.88. The van der Waals surface area contributed by atoms with E-state index in [2.05, 4.69) is 62.5 Å². The van der Waals surface area contributed by atoms with Crippen LogP contribution >= 0.6 is 11.8 Å². The van der Waals surface area contributed by atoms with E-state index in [-0.39, 0.29) is 22.6 Å². The number of thioether (sulfide) groups is 1. The maximum Gasteiger partial charge on any atom is 0.233 e. The van der Waals surface area contributed by atoms with Crippen molar-refractivity contribution >= 4 is 17.7 Å². The number of nitrogens with one attached hydrogen (secondary N) is 1. The molecular weight excluding hydrogens is 326 g/mol. The monoisotopic (exact) mass is 355 g/mol. The zero-order valence-corrected chi connectivity index (χ0v) is 16.7. The van der Waals surface area contributed by atoms with Gasteiger partial charge in [0.1, 0.15) is 0 Å². The van der Waals surface area contributed by atoms with Crippen LogP contribution < -0.4 is 5.32 Å². The highest BCUT2D eigenvalue weighted by Crippen LogP contribution is 2.24. The topological polar surface area (TPSA) is 29.1 Å². The van der Waals surface area contributed by atoms with Gasteiger partial charge in [-0.2, -0.15) is 0 Å². The van der Waals surface area contributed by atoms with Gasteiger partial charge >= 0.3 is 0 Å². The molecule has 0 heterocycles. The quantitative estimate of drug-likeness (QED) is 0.743. The lowest BCUT2D eigenvalue weighted by atomic mass is 9.86. The number of carbonyl (C=O) groups is 1. The van der Waals surface area contributed by atoms with Crippen molar-refractivity contribution in [2.75, 3.05) is 0 Å². The molecule has 2 aromatic rings. The van der Waals surface area contributed by atoms with Crippen LogP contribution in [0.4, 0.5) is 0 Å². The Hall–Kier alpha value is -1.74. The standard InChI is InChI=1S/C22H29NOS/c1-16(19-11-13-20(14-12-19)22(3,4)5)23-21(24)17(2)25-15-18-9-7-6-8-10-18/h6-14,16-17H,15H2,1-5H3,(H,23,24)/t16-,17+/m0/s1. The van der Waals surface area contributed by atoms with Crippen molar-refractivity contribution in [3.05, 3.63) is 71.3 Å². The molecule has 0 saturated heterocycles. The summed E-state index contributed by atoms with van der Waals surface area (Å²) in [4.78, 5) is 12.4. The number of carbonyl (C=O) groups excluding carboxylic acids is 1. The van der Waals surface area contributed by atoms with Gasteiger partial charge in [-0.25, -0.2) is 0 Å². The van der Waals surface area contributed by atoms with Crippen LogP contribution in [-0.2, 0) is 16.0 Å². The fourth-order valence-corrected chi connectivity index (χ4v) is 3.41. The molecule has 0 unspecified atom stereocenters. The highest BCUT2D eigenvalue weighted by Gasteiger charge is 2.18. The molecule has 2 rings (SSSR count). The summed E-state index contributed by atoms with van der Waals surface area (Å²) in [6, 6.07) is 18.8. The molecule has 0 aliphatic heterocycles. The summed E-state index contributed by atoms with van der Waals surface area (Å²) in [6.07, 6.45) is 0. The Morgan fingerprint density at radius 1 is 1.00 bits per heavy atom. The van der Waals surface area contributed by atoms with E-state index in [0.29, 0.717) is 0 Å². The van der Waals surface area contributed by atoms with Gasteiger partial charge in [-0.05, 0) is 36.0 Å². The molecule has 0 aliphatic carbocycles. The maximum absolute atomic E-state index is 12.4. The third kappa shape index (κ3) is 5.93. The first kappa shape index (κ1) is 19.6. The zero-order valence-electron chi connectivity index (χ0n) is 15.9. The average molecular weight is 356 g/mol. The van der Waals surface area contributed by atoms with E-state index < -0.39 is 0 Å². The van der Waals surface area contributed by atoms with Crippen LogP contribution in [0.3, 0.4) is 0 Å². The van der Waals surface area contributed by atoms with E-state index in [4.69, 9.17) is 0 Å². The minimum Gasteiger partial charge on any atom is -0.349 e. The first-order chi connectivity index (χ1) is 11.8. The molecule has 1 amide bonds. The lowest BCUT2D eigenvalue weighted by Gasteiger charge is -2.21. The normalized spacial score (nSPS) is 14.0. The van der Waals surface area contributed by atoms with Crippen molar-refractivity contribution < 1.29 is 4.79 Å².